The van der Waals surface area contributed by atoms with Crippen LogP contribution in [0.25, 0.3) is 10.8 Å². The first-order valence-corrected chi connectivity index (χ1v) is 7.71. The number of fused-ring (bicyclic) bond motifs is 1. The van der Waals surface area contributed by atoms with Gasteiger partial charge in [-0.05, 0) is 34.7 Å². The van der Waals surface area contributed by atoms with Crippen molar-refractivity contribution in [2.24, 2.45) is 0 Å². The minimum atomic E-state index is -0.0584. The van der Waals surface area contributed by atoms with E-state index >= 15 is 0 Å². The van der Waals surface area contributed by atoms with E-state index in [1.54, 1.807) is 14.2 Å². The van der Waals surface area contributed by atoms with Crippen molar-refractivity contribution in [2.75, 3.05) is 14.2 Å². The Kier molecular flexibility index (Phi) is 4.87. The highest BCUT2D eigenvalue weighted by atomic mass is 16.5. The summed E-state index contributed by atoms with van der Waals surface area (Å²) in [7, 11) is 3.23. The Balaban J connectivity index is 2.07. The lowest BCUT2D eigenvalue weighted by atomic mass is 10.0. The zero-order valence-corrected chi connectivity index (χ0v) is 13.8. The second-order valence-corrected chi connectivity index (χ2v) is 5.45. The van der Waals surface area contributed by atoms with Crippen molar-refractivity contribution in [3.05, 3.63) is 65.7 Å². The number of rotatable bonds is 6. The lowest BCUT2D eigenvalue weighted by Crippen LogP contribution is -1.99. The molecule has 124 valence electrons. The SMILES string of the molecule is COc1cc(OC)c2c(OCc3ccccc3)cc(CO)cc2c1. The van der Waals surface area contributed by atoms with Crippen molar-refractivity contribution >= 4 is 10.8 Å². The Hall–Kier alpha value is -2.72. The van der Waals surface area contributed by atoms with Crippen LogP contribution in [0.3, 0.4) is 0 Å². The van der Waals surface area contributed by atoms with Crippen LogP contribution in [0.5, 0.6) is 17.2 Å². The minimum absolute atomic E-state index is 0.0584. The molecule has 0 spiro atoms. The first-order chi connectivity index (χ1) is 11.7. The van der Waals surface area contributed by atoms with Crippen LogP contribution in [0.2, 0.25) is 0 Å². The smallest absolute Gasteiger partial charge is 0.134 e. The molecule has 0 unspecified atom stereocenters. The monoisotopic (exact) mass is 324 g/mol. The molecule has 0 amide bonds. The van der Waals surface area contributed by atoms with E-state index in [4.69, 9.17) is 14.2 Å². The summed E-state index contributed by atoms with van der Waals surface area (Å²) in [5.74, 6) is 2.06. The first kappa shape index (κ1) is 16.1. The molecule has 0 aromatic heterocycles. The summed E-state index contributed by atoms with van der Waals surface area (Å²) in [4.78, 5) is 0. The third-order valence-corrected chi connectivity index (χ3v) is 3.89. The highest BCUT2D eigenvalue weighted by Gasteiger charge is 2.13. The van der Waals surface area contributed by atoms with Crippen LogP contribution in [0, 0.1) is 0 Å². The van der Waals surface area contributed by atoms with Crippen LogP contribution in [-0.2, 0) is 13.2 Å². The standard InChI is InChI=1S/C20H20O4/c1-22-17-10-16-8-15(12-21)9-19(20(16)18(11-17)23-2)24-13-14-6-4-3-5-7-14/h3-11,21H,12-13H2,1-2H3. The van der Waals surface area contributed by atoms with Gasteiger partial charge < -0.3 is 19.3 Å². The van der Waals surface area contributed by atoms with Gasteiger partial charge in [0.1, 0.15) is 23.9 Å². The molecule has 0 bridgehead atoms. The van der Waals surface area contributed by atoms with Crippen molar-refractivity contribution in [3.8, 4) is 17.2 Å². The summed E-state index contributed by atoms with van der Waals surface area (Å²) in [5.41, 5.74) is 1.85. The lowest BCUT2D eigenvalue weighted by molar-refractivity contribution is 0.278. The van der Waals surface area contributed by atoms with E-state index in [0.29, 0.717) is 23.9 Å². The molecule has 0 aliphatic heterocycles. The normalized spacial score (nSPS) is 10.6. The molecule has 0 saturated carbocycles. The van der Waals surface area contributed by atoms with Crippen LogP contribution in [0.15, 0.2) is 54.6 Å². The predicted octanol–water partition coefficient (Wildman–Crippen LogP) is 3.93. The molecule has 3 aromatic carbocycles. The van der Waals surface area contributed by atoms with Crippen LogP contribution in [0.1, 0.15) is 11.1 Å². The number of aliphatic hydroxyl groups excluding tert-OH is 1. The first-order valence-electron chi connectivity index (χ1n) is 7.71. The molecular formula is C20H20O4. The molecule has 0 aliphatic rings. The van der Waals surface area contributed by atoms with Gasteiger partial charge in [-0.2, -0.15) is 0 Å². The number of ether oxygens (including phenoxy) is 3. The fourth-order valence-corrected chi connectivity index (χ4v) is 2.69. The van der Waals surface area contributed by atoms with Crippen molar-refractivity contribution in [1.29, 1.82) is 0 Å². The summed E-state index contributed by atoms with van der Waals surface area (Å²) in [6.07, 6.45) is 0. The van der Waals surface area contributed by atoms with Crippen LogP contribution >= 0.6 is 0 Å². The summed E-state index contributed by atoms with van der Waals surface area (Å²) < 4.78 is 16.9. The summed E-state index contributed by atoms with van der Waals surface area (Å²) in [5, 5.41) is 11.3. The number of benzene rings is 3. The topological polar surface area (TPSA) is 47.9 Å². The Morgan fingerprint density at radius 2 is 1.62 bits per heavy atom. The van der Waals surface area contributed by atoms with Gasteiger partial charge in [0.2, 0.25) is 0 Å². The molecule has 3 rings (SSSR count). The van der Waals surface area contributed by atoms with Crippen molar-refractivity contribution in [2.45, 2.75) is 13.2 Å². The molecule has 24 heavy (non-hydrogen) atoms. The van der Waals surface area contributed by atoms with E-state index in [0.717, 1.165) is 21.9 Å². The molecule has 4 nitrogen and oxygen atoms in total. The summed E-state index contributed by atoms with van der Waals surface area (Å²) in [6, 6.07) is 17.5. The second-order valence-electron chi connectivity index (χ2n) is 5.45. The van der Waals surface area contributed by atoms with Crippen LogP contribution in [-0.4, -0.2) is 19.3 Å². The molecule has 0 atom stereocenters. The fourth-order valence-electron chi connectivity index (χ4n) is 2.69. The molecular weight excluding hydrogens is 304 g/mol. The zero-order valence-electron chi connectivity index (χ0n) is 13.8. The Bertz CT molecular complexity index is 823. The molecule has 0 fully saturated rings. The van der Waals surface area contributed by atoms with Gasteiger partial charge >= 0.3 is 0 Å². The number of aliphatic hydroxyl groups is 1. The summed E-state index contributed by atoms with van der Waals surface area (Å²) >= 11 is 0. The maximum Gasteiger partial charge on any atom is 0.134 e. The Labute approximate surface area is 141 Å². The largest absolute Gasteiger partial charge is 0.497 e. The van der Waals surface area contributed by atoms with Gasteiger partial charge in [-0.1, -0.05) is 30.3 Å². The minimum Gasteiger partial charge on any atom is -0.497 e. The van der Waals surface area contributed by atoms with E-state index < -0.39 is 0 Å². The van der Waals surface area contributed by atoms with Crippen molar-refractivity contribution in [1.82, 2.24) is 0 Å². The van der Waals surface area contributed by atoms with E-state index in [9.17, 15) is 5.11 Å². The Morgan fingerprint density at radius 1 is 0.833 bits per heavy atom. The number of hydrogen-bond acceptors (Lipinski definition) is 4. The van der Waals surface area contributed by atoms with Gasteiger partial charge in [-0.3, -0.25) is 0 Å². The third-order valence-electron chi connectivity index (χ3n) is 3.89. The van der Waals surface area contributed by atoms with E-state index in [2.05, 4.69) is 0 Å². The molecule has 0 radical (unpaired) electrons. The molecule has 0 saturated heterocycles. The fraction of sp³-hybridized carbons (Fsp3) is 0.200. The van der Waals surface area contributed by atoms with E-state index in [1.807, 2.05) is 54.6 Å². The number of hydrogen-bond donors (Lipinski definition) is 1. The van der Waals surface area contributed by atoms with E-state index in [1.165, 1.54) is 0 Å². The maximum atomic E-state index is 9.54. The van der Waals surface area contributed by atoms with Crippen LogP contribution < -0.4 is 14.2 Å². The van der Waals surface area contributed by atoms with Gasteiger partial charge in [0, 0.05) is 6.07 Å². The quantitative estimate of drug-likeness (QED) is 0.746. The highest BCUT2D eigenvalue weighted by molar-refractivity contribution is 5.95. The average molecular weight is 324 g/mol. The highest BCUT2D eigenvalue weighted by Crippen LogP contribution is 2.38. The molecule has 4 heteroatoms. The van der Waals surface area contributed by atoms with Crippen molar-refractivity contribution < 1.29 is 19.3 Å². The zero-order chi connectivity index (χ0) is 16.9. The second kappa shape index (κ2) is 7.23. The van der Waals surface area contributed by atoms with Crippen LogP contribution in [0.4, 0.5) is 0 Å². The van der Waals surface area contributed by atoms with Gasteiger partial charge in [-0.25, -0.2) is 0 Å². The van der Waals surface area contributed by atoms with Gasteiger partial charge in [0.05, 0.1) is 26.2 Å². The lowest BCUT2D eigenvalue weighted by Gasteiger charge is -2.15. The van der Waals surface area contributed by atoms with Gasteiger partial charge in [-0.15, -0.1) is 0 Å². The van der Waals surface area contributed by atoms with E-state index in [-0.39, 0.29) is 6.61 Å². The maximum absolute atomic E-state index is 9.54. The Morgan fingerprint density at radius 3 is 2.29 bits per heavy atom. The number of methoxy groups -OCH3 is 2. The van der Waals surface area contributed by atoms with Crippen molar-refractivity contribution in [3.63, 3.8) is 0 Å². The summed E-state index contributed by atoms with van der Waals surface area (Å²) in [6.45, 7) is 0.386. The molecule has 0 heterocycles. The van der Waals surface area contributed by atoms with Gasteiger partial charge in [0.25, 0.3) is 0 Å². The predicted molar refractivity (Wildman–Crippen MR) is 93.7 cm³/mol. The third kappa shape index (κ3) is 3.29. The molecule has 0 aliphatic carbocycles. The average Bonchev–Trinajstić information content (AvgIpc) is 2.65. The molecule has 3 aromatic rings. The van der Waals surface area contributed by atoms with Gasteiger partial charge in [0.15, 0.2) is 0 Å². The molecule has 1 N–H and O–H groups in total.